The lowest BCUT2D eigenvalue weighted by atomic mass is 10.4. The molecule has 0 aromatic rings. The molecule has 0 aliphatic carbocycles. The van der Waals surface area contributed by atoms with E-state index in [0.717, 1.165) is 64.7 Å². The lowest BCUT2D eigenvalue weighted by molar-refractivity contribution is -0.120. The van der Waals surface area contributed by atoms with Crippen LogP contribution in [0.4, 0.5) is 0 Å². The molecule has 0 bridgehead atoms. The molecule has 6 nitrogen and oxygen atoms in total. The highest BCUT2D eigenvalue weighted by atomic mass is 32.1. The fraction of sp³-hybridized carbons (Fsp3) is 0.941. The Morgan fingerprint density at radius 2 is 1.62 bits per heavy atom. The Hall–Kier alpha value is -0.340. The van der Waals surface area contributed by atoms with Gasteiger partial charge in [-0.3, -0.25) is 9.69 Å². The van der Waals surface area contributed by atoms with Gasteiger partial charge in [0.1, 0.15) is 0 Å². The summed E-state index contributed by atoms with van der Waals surface area (Å²) < 4.78 is 11.1. The zero-order valence-corrected chi connectivity index (χ0v) is 16.7. The van der Waals surface area contributed by atoms with Crippen molar-refractivity contribution in [1.29, 1.82) is 0 Å². The number of nitrogens with one attached hydrogen (secondary N) is 1. The van der Waals surface area contributed by atoms with Gasteiger partial charge in [0.05, 0.1) is 19.8 Å². The van der Waals surface area contributed by atoms with Crippen molar-refractivity contribution in [2.24, 2.45) is 0 Å². The van der Waals surface area contributed by atoms with Crippen LogP contribution in [0.2, 0.25) is 0 Å². The standard InChI is InChI=1S/C17H37N3O3S/c1-4-12-22-13-10-20(11-14-23-15-16-24)9-8-19(3)7-6-18-17(21)5-2/h24H,4-16H2,1-3H3,(H,18,21). The minimum atomic E-state index is 0.111. The zero-order chi connectivity index (χ0) is 18.0. The van der Waals surface area contributed by atoms with Gasteiger partial charge in [-0.1, -0.05) is 13.8 Å². The van der Waals surface area contributed by atoms with E-state index in [1.807, 2.05) is 6.92 Å². The van der Waals surface area contributed by atoms with Gasteiger partial charge in [0.25, 0.3) is 0 Å². The van der Waals surface area contributed by atoms with E-state index < -0.39 is 0 Å². The molecule has 144 valence electrons. The first-order valence-corrected chi connectivity index (χ1v) is 9.71. The number of thiol groups is 1. The third kappa shape index (κ3) is 15.2. The molecule has 0 heterocycles. The van der Waals surface area contributed by atoms with Gasteiger partial charge in [0.2, 0.25) is 5.91 Å². The van der Waals surface area contributed by atoms with Crippen LogP contribution in [0.15, 0.2) is 0 Å². The molecule has 7 heteroatoms. The second kappa shape index (κ2) is 17.5. The Balaban J connectivity index is 3.95. The monoisotopic (exact) mass is 363 g/mol. The van der Waals surface area contributed by atoms with Crippen LogP contribution in [0.5, 0.6) is 0 Å². The molecule has 1 N–H and O–H groups in total. The zero-order valence-electron chi connectivity index (χ0n) is 15.8. The van der Waals surface area contributed by atoms with Crippen molar-refractivity contribution < 1.29 is 14.3 Å². The quantitative estimate of drug-likeness (QED) is 0.300. The molecular formula is C17H37N3O3S. The number of nitrogens with zero attached hydrogens (tertiary/aromatic N) is 2. The molecule has 0 aliphatic rings. The van der Waals surface area contributed by atoms with Crippen LogP contribution in [-0.4, -0.2) is 94.2 Å². The van der Waals surface area contributed by atoms with Crippen LogP contribution in [0.3, 0.4) is 0 Å². The van der Waals surface area contributed by atoms with Gasteiger partial charge in [0.15, 0.2) is 0 Å². The maximum atomic E-state index is 11.2. The number of amides is 1. The molecule has 0 radical (unpaired) electrons. The van der Waals surface area contributed by atoms with Gasteiger partial charge in [-0.05, 0) is 13.5 Å². The van der Waals surface area contributed by atoms with E-state index in [0.29, 0.717) is 19.6 Å². The van der Waals surface area contributed by atoms with Gasteiger partial charge < -0.3 is 19.7 Å². The largest absolute Gasteiger partial charge is 0.380 e. The van der Waals surface area contributed by atoms with Crippen LogP contribution < -0.4 is 5.32 Å². The van der Waals surface area contributed by atoms with Crippen LogP contribution in [0.25, 0.3) is 0 Å². The number of likely N-dealkylation sites (N-methyl/N-ethyl adjacent to an activating group) is 1. The van der Waals surface area contributed by atoms with Crippen LogP contribution >= 0.6 is 12.6 Å². The van der Waals surface area contributed by atoms with E-state index in [-0.39, 0.29) is 5.91 Å². The number of ether oxygens (including phenoxy) is 2. The summed E-state index contributed by atoms with van der Waals surface area (Å²) in [5.41, 5.74) is 0. The SMILES string of the molecule is CCCOCCN(CCOCCS)CCN(C)CCNC(=O)CC. The van der Waals surface area contributed by atoms with Crippen molar-refractivity contribution in [3.8, 4) is 0 Å². The van der Waals surface area contributed by atoms with Crippen molar-refractivity contribution in [1.82, 2.24) is 15.1 Å². The third-order valence-electron chi connectivity index (χ3n) is 3.62. The van der Waals surface area contributed by atoms with Gasteiger partial charge in [-0.2, -0.15) is 12.6 Å². The number of rotatable bonds is 17. The first-order valence-electron chi connectivity index (χ1n) is 9.07. The summed E-state index contributed by atoms with van der Waals surface area (Å²) in [7, 11) is 2.08. The number of carbonyl (C=O) groups excluding carboxylic acids is 1. The molecule has 0 rings (SSSR count). The summed E-state index contributed by atoms with van der Waals surface area (Å²) in [6, 6.07) is 0. The van der Waals surface area contributed by atoms with E-state index in [1.165, 1.54) is 0 Å². The van der Waals surface area contributed by atoms with Gasteiger partial charge in [-0.15, -0.1) is 0 Å². The minimum Gasteiger partial charge on any atom is -0.380 e. The summed E-state index contributed by atoms with van der Waals surface area (Å²) in [5, 5.41) is 2.91. The molecule has 0 aromatic heterocycles. The summed E-state index contributed by atoms with van der Waals surface area (Å²) >= 11 is 4.15. The van der Waals surface area contributed by atoms with E-state index in [2.05, 4.69) is 41.7 Å². The smallest absolute Gasteiger partial charge is 0.219 e. The Labute approximate surface area is 153 Å². The normalized spacial score (nSPS) is 11.4. The molecule has 0 atom stereocenters. The lowest BCUT2D eigenvalue weighted by Gasteiger charge is -2.25. The summed E-state index contributed by atoms with van der Waals surface area (Å²) in [5.74, 6) is 0.866. The Morgan fingerprint density at radius 1 is 0.958 bits per heavy atom. The predicted octanol–water partition coefficient (Wildman–Crippen LogP) is 1.12. The van der Waals surface area contributed by atoms with Crippen LogP contribution in [0.1, 0.15) is 26.7 Å². The second-order valence-corrected chi connectivity index (χ2v) is 6.24. The number of carbonyl (C=O) groups is 1. The molecule has 0 unspecified atom stereocenters. The van der Waals surface area contributed by atoms with Crippen molar-refractivity contribution in [2.75, 3.05) is 78.5 Å². The highest BCUT2D eigenvalue weighted by Gasteiger charge is 2.07. The van der Waals surface area contributed by atoms with E-state index in [1.54, 1.807) is 0 Å². The van der Waals surface area contributed by atoms with Crippen LogP contribution in [0, 0.1) is 0 Å². The molecular weight excluding hydrogens is 326 g/mol. The molecule has 0 aliphatic heterocycles. The van der Waals surface area contributed by atoms with E-state index in [9.17, 15) is 4.79 Å². The maximum Gasteiger partial charge on any atom is 0.219 e. The Kier molecular flexibility index (Phi) is 17.2. The highest BCUT2D eigenvalue weighted by Crippen LogP contribution is 1.93. The summed E-state index contributed by atoms with van der Waals surface area (Å²) in [4.78, 5) is 15.8. The Morgan fingerprint density at radius 3 is 2.21 bits per heavy atom. The molecule has 1 amide bonds. The average Bonchev–Trinajstić information content (AvgIpc) is 2.59. The average molecular weight is 364 g/mol. The highest BCUT2D eigenvalue weighted by molar-refractivity contribution is 7.80. The topological polar surface area (TPSA) is 54.0 Å². The van der Waals surface area contributed by atoms with Crippen molar-refractivity contribution in [2.45, 2.75) is 26.7 Å². The number of hydrogen-bond donors (Lipinski definition) is 2. The molecule has 0 aromatic carbocycles. The third-order valence-corrected chi connectivity index (χ3v) is 3.81. The van der Waals surface area contributed by atoms with Gasteiger partial charge in [0, 0.05) is 58.0 Å². The summed E-state index contributed by atoms with van der Waals surface area (Å²) in [6.07, 6.45) is 1.60. The molecule has 0 saturated carbocycles. The van der Waals surface area contributed by atoms with Crippen molar-refractivity contribution >= 4 is 18.5 Å². The van der Waals surface area contributed by atoms with Gasteiger partial charge >= 0.3 is 0 Å². The minimum absolute atomic E-state index is 0.111. The first-order chi connectivity index (χ1) is 11.6. The fourth-order valence-electron chi connectivity index (χ4n) is 2.07. The lowest BCUT2D eigenvalue weighted by Crippen LogP contribution is -2.39. The first kappa shape index (κ1) is 23.7. The molecule has 0 fully saturated rings. The number of hydrogen-bond acceptors (Lipinski definition) is 6. The fourth-order valence-corrected chi connectivity index (χ4v) is 2.20. The molecule has 0 saturated heterocycles. The van der Waals surface area contributed by atoms with Crippen molar-refractivity contribution in [3.63, 3.8) is 0 Å². The second-order valence-electron chi connectivity index (χ2n) is 5.80. The summed E-state index contributed by atoms with van der Waals surface area (Å²) in [6.45, 7) is 12.3. The van der Waals surface area contributed by atoms with Gasteiger partial charge in [-0.25, -0.2) is 0 Å². The maximum absolute atomic E-state index is 11.2. The van der Waals surface area contributed by atoms with Crippen LogP contribution in [-0.2, 0) is 14.3 Å². The van der Waals surface area contributed by atoms with E-state index >= 15 is 0 Å². The molecule has 0 spiro atoms. The molecule has 24 heavy (non-hydrogen) atoms. The Bertz CT molecular complexity index is 284. The predicted molar refractivity (Wildman–Crippen MR) is 103 cm³/mol. The van der Waals surface area contributed by atoms with Crippen molar-refractivity contribution in [3.05, 3.63) is 0 Å². The van der Waals surface area contributed by atoms with E-state index in [4.69, 9.17) is 9.47 Å².